The van der Waals surface area contributed by atoms with Gasteiger partial charge >= 0.3 is 5.51 Å². The molecular formula is C16H22F3N3O4S. The van der Waals surface area contributed by atoms with E-state index >= 15 is 0 Å². The minimum absolute atomic E-state index is 0.0171. The monoisotopic (exact) mass is 409 g/mol. The number of sulfone groups is 1. The molecule has 1 fully saturated rings. The lowest BCUT2D eigenvalue weighted by atomic mass is 10.0. The summed E-state index contributed by atoms with van der Waals surface area (Å²) in [6, 6.07) is 2.15. The van der Waals surface area contributed by atoms with Crippen LogP contribution in [-0.4, -0.2) is 49.4 Å². The summed E-state index contributed by atoms with van der Waals surface area (Å²) in [4.78, 5) is 11.5. The van der Waals surface area contributed by atoms with Crippen LogP contribution in [0.3, 0.4) is 0 Å². The summed E-state index contributed by atoms with van der Waals surface area (Å²) >= 11 is 0. The second-order valence-electron chi connectivity index (χ2n) is 7.00. The summed E-state index contributed by atoms with van der Waals surface area (Å²) in [5.74, 6) is 0.527. The van der Waals surface area contributed by atoms with Gasteiger partial charge in [0, 0.05) is 31.7 Å². The number of hydrogen-bond donors (Lipinski definition) is 1. The van der Waals surface area contributed by atoms with Crippen LogP contribution in [0, 0.1) is 16.0 Å². The zero-order valence-corrected chi connectivity index (χ0v) is 15.8. The zero-order chi connectivity index (χ0) is 20.4. The highest BCUT2D eigenvalue weighted by Crippen LogP contribution is 2.35. The lowest BCUT2D eigenvalue weighted by molar-refractivity contribution is -0.384. The van der Waals surface area contributed by atoms with Gasteiger partial charge in [0.1, 0.15) is 5.69 Å². The highest BCUT2D eigenvalue weighted by molar-refractivity contribution is 7.92. The number of nitrogens with one attached hydrogen (secondary N) is 1. The zero-order valence-electron chi connectivity index (χ0n) is 15.0. The molecule has 1 N–H and O–H groups in total. The number of hydrogen-bond acceptors (Lipinski definition) is 6. The van der Waals surface area contributed by atoms with E-state index in [4.69, 9.17) is 0 Å². The summed E-state index contributed by atoms with van der Waals surface area (Å²) in [5, 5.41) is 14.2. The van der Waals surface area contributed by atoms with Crippen molar-refractivity contribution in [2.75, 3.05) is 25.0 Å². The van der Waals surface area contributed by atoms with Crippen molar-refractivity contribution in [2.45, 2.75) is 43.1 Å². The summed E-state index contributed by atoms with van der Waals surface area (Å²) in [6.07, 6.45) is 1.46. The molecular weight excluding hydrogens is 387 g/mol. The van der Waals surface area contributed by atoms with Gasteiger partial charge in [-0.1, -0.05) is 13.8 Å². The molecule has 1 aromatic rings. The fraction of sp³-hybridized carbons (Fsp3) is 0.625. The Morgan fingerprint density at radius 2 is 1.89 bits per heavy atom. The molecule has 27 heavy (non-hydrogen) atoms. The van der Waals surface area contributed by atoms with Gasteiger partial charge in [-0.25, -0.2) is 8.42 Å². The Balaban J connectivity index is 2.18. The Hall–Kier alpha value is -1.88. The van der Waals surface area contributed by atoms with E-state index in [0.717, 1.165) is 44.6 Å². The molecule has 7 nitrogen and oxygen atoms in total. The molecule has 0 saturated carbocycles. The first-order valence-corrected chi connectivity index (χ1v) is 9.99. The third-order valence-electron chi connectivity index (χ3n) is 4.35. The van der Waals surface area contributed by atoms with Crippen molar-refractivity contribution in [1.82, 2.24) is 4.90 Å². The van der Waals surface area contributed by atoms with Gasteiger partial charge < -0.3 is 10.2 Å². The first-order valence-electron chi connectivity index (χ1n) is 8.50. The van der Waals surface area contributed by atoms with E-state index in [1.54, 1.807) is 0 Å². The quantitative estimate of drug-likeness (QED) is 0.572. The first kappa shape index (κ1) is 21.4. The smallest absolute Gasteiger partial charge is 0.377 e. The molecule has 152 valence electrons. The van der Waals surface area contributed by atoms with Crippen LogP contribution in [0.15, 0.2) is 23.1 Å². The van der Waals surface area contributed by atoms with Crippen molar-refractivity contribution in [3.05, 3.63) is 28.3 Å². The predicted octanol–water partition coefficient (Wildman–Crippen LogP) is 3.42. The molecule has 1 saturated heterocycles. The van der Waals surface area contributed by atoms with E-state index in [-0.39, 0.29) is 11.7 Å². The van der Waals surface area contributed by atoms with Crippen molar-refractivity contribution in [1.29, 1.82) is 0 Å². The van der Waals surface area contributed by atoms with Gasteiger partial charge in [-0.3, -0.25) is 10.1 Å². The Labute approximate surface area is 155 Å². The maximum Gasteiger partial charge on any atom is 0.501 e. The van der Waals surface area contributed by atoms with Crippen LogP contribution in [0.4, 0.5) is 24.5 Å². The number of nitrogens with zero attached hydrogens (tertiary/aromatic N) is 2. The molecule has 1 aliphatic rings. The molecule has 0 aliphatic carbocycles. The van der Waals surface area contributed by atoms with Crippen molar-refractivity contribution in [3.63, 3.8) is 0 Å². The highest BCUT2D eigenvalue weighted by Gasteiger charge is 2.47. The minimum atomic E-state index is -5.64. The summed E-state index contributed by atoms with van der Waals surface area (Å²) in [5.41, 5.74) is -6.19. The van der Waals surface area contributed by atoms with E-state index < -0.39 is 30.9 Å². The molecule has 0 aromatic heterocycles. The Morgan fingerprint density at radius 3 is 2.37 bits per heavy atom. The maximum absolute atomic E-state index is 12.7. The number of alkyl halides is 3. The molecule has 0 amide bonds. The lowest BCUT2D eigenvalue weighted by Crippen LogP contribution is -2.40. The van der Waals surface area contributed by atoms with Gasteiger partial charge in [0.15, 0.2) is 0 Å². The van der Waals surface area contributed by atoms with E-state index in [1.807, 2.05) is 0 Å². The SMILES string of the molecule is CC(C)CN1CCC(Nc2ccc(S(=O)(=O)C(F)(F)F)cc2[N+](=O)[O-])CC1. The highest BCUT2D eigenvalue weighted by atomic mass is 32.2. The summed E-state index contributed by atoms with van der Waals surface area (Å²) < 4.78 is 61.0. The molecule has 11 heteroatoms. The molecule has 0 unspecified atom stereocenters. The standard InChI is InChI=1S/C16H22F3N3O4S/c1-11(2)10-21-7-5-12(6-8-21)20-14-4-3-13(9-15(14)22(23)24)27(25,26)16(17,18)19/h3-4,9,11-12,20H,5-8,10H2,1-2H3. The number of benzene rings is 1. The van der Waals surface area contributed by atoms with Crippen molar-refractivity contribution in [2.24, 2.45) is 5.92 Å². The van der Waals surface area contributed by atoms with Crippen LogP contribution < -0.4 is 5.32 Å². The fourth-order valence-corrected chi connectivity index (χ4v) is 3.86. The number of halogens is 3. The number of rotatable bonds is 6. The van der Waals surface area contributed by atoms with Gasteiger partial charge in [0.2, 0.25) is 0 Å². The number of likely N-dealkylation sites (tertiary alicyclic amines) is 1. The number of anilines is 1. The van der Waals surface area contributed by atoms with Gasteiger partial charge in [-0.15, -0.1) is 0 Å². The van der Waals surface area contributed by atoms with E-state index in [0.29, 0.717) is 12.0 Å². The summed E-state index contributed by atoms with van der Waals surface area (Å²) in [7, 11) is -5.64. The molecule has 1 aromatic carbocycles. The van der Waals surface area contributed by atoms with Gasteiger partial charge in [0.25, 0.3) is 15.5 Å². The molecule has 0 atom stereocenters. The predicted molar refractivity (Wildman–Crippen MR) is 94.3 cm³/mol. The van der Waals surface area contributed by atoms with Crippen LogP contribution >= 0.6 is 0 Å². The largest absolute Gasteiger partial charge is 0.501 e. The molecule has 0 spiro atoms. The van der Waals surface area contributed by atoms with Crippen LogP contribution in [0.2, 0.25) is 0 Å². The second kappa shape index (κ2) is 8.01. The molecule has 1 aliphatic heterocycles. The lowest BCUT2D eigenvalue weighted by Gasteiger charge is -2.33. The molecule has 2 rings (SSSR count). The normalized spacial score (nSPS) is 17.3. The van der Waals surface area contributed by atoms with E-state index in [1.165, 1.54) is 0 Å². The number of nitro groups is 1. The average Bonchev–Trinajstić information content (AvgIpc) is 2.55. The third-order valence-corrected chi connectivity index (χ3v) is 5.84. The summed E-state index contributed by atoms with van der Waals surface area (Å²) in [6.45, 7) is 6.81. The van der Waals surface area contributed by atoms with Crippen LogP contribution in [-0.2, 0) is 9.84 Å². The second-order valence-corrected chi connectivity index (χ2v) is 8.94. The van der Waals surface area contributed by atoms with E-state index in [9.17, 15) is 31.7 Å². The number of nitro benzene ring substituents is 1. The van der Waals surface area contributed by atoms with Crippen LogP contribution in [0.1, 0.15) is 26.7 Å². The minimum Gasteiger partial charge on any atom is -0.377 e. The molecule has 1 heterocycles. The average molecular weight is 409 g/mol. The third kappa shape index (κ3) is 5.10. The Morgan fingerprint density at radius 1 is 1.30 bits per heavy atom. The Kier molecular flexibility index (Phi) is 6.35. The van der Waals surface area contributed by atoms with Crippen LogP contribution in [0.5, 0.6) is 0 Å². The fourth-order valence-electron chi connectivity index (χ4n) is 3.08. The van der Waals surface area contributed by atoms with E-state index in [2.05, 4.69) is 24.1 Å². The topological polar surface area (TPSA) is 92.6 Å². The molecule has 0 bridgehead atoms. The molecule has 0 radical (unpaired) electrons. The van der Waals surface area contributed by atoms with Crippen molar-refractivity contribution >= 4 is 21.2 Å². The van der Waals surface area contributed by atoms with Crippen molar-refractivity contribution in [3.8, 4) is 0 Å². The van der Waals surface area contributed by atoms with Gasteiger partial charge in [-0.2, -0.15) is 13.2 Å². The number of piperidine rings is 1. The van der Waals surface area contributed by atoms with Gasteiger partial charge in [-0.05, 0) is 30.9 Å². The van der Waals surface area contributed by atoms with Gasteiger partial charge in [0.05, 0.1) is 9.82 Å². The van der Waals surface area contributed by atoms with Crippen LogP contribution in [0.25, 0.3) is 0 Å². The van der Waals surface area contributed by atoms with Crippen molar-refractivity contribution < 1.29 is 26.5 Å². The Bertz CT molecular complexity index is 789. The first-order chi connectivity index (χ1) is 12.4. The maximum atomic E-state index is 12.7.